The van der Waals surface area contributed by atoms with Gasteiger partial charge in [0.2, 0.25) is 5.91 Å². The minimum Gasteiger partial charge on any atom is -0.328 e. The van der Waals surface area contributed by atoms with E-state index in [2.05, 4.69) is 64.4 Å². The number of hydrogen-bond donors (Lipinski definition) is 0. The van der Waals surface area contributed by atoms with Crippen molar-refractivity contribution in [2.75, 3.05) is 13.2 Å². The number of hydrogen-bond acceptors (Lipinski definition) is 2. The van der Waals surface area contributed by atoms with Gasteiger partial charge in [0.15, 0.2) is 0 Å². The first kappa shape index (κ1) is 18.2. The van der Waals surface area contributed by atoms with Crippen LogP contribution in [0.15, 0.2) is 60.7 Å². The third-order valence-corrected chi connectivity index (χ3v) is 6.15. The van der Waals surface area contributed by atoms with Gasteiger partial charge >= 0.3 is 0 Å². The second kappa shape index (κ2) is 8.71. The third kappa shape index (κ3) is 4.41. The summed E-state index contributed by atoms with van der Waals surface area (Å²) < 4.78 is 0. The first-order chi connectivity index (χ1) is 13.3. The van der Waals surface area contributed by atoms with E-state index in [1.54, 1.807) is 0 Å². The topological polar surface area (TPSA) is 23.6 Å². The molecule has 1 aliphatic heterocycles. The lowest BCUT2D eigenvalue weighted by molar-refractivity contribution is -0.130. The standard InChI is InChI=1S/C24H30N2O/c27-24-23(22-14-8-3-9-15-22)26(18-21-12-6-2-7-13-21)19-25(24)17-16-20-10-4-1-5-11-20/h1-2,4-7,10-13,22-23H,3,8-9,14-19H2/t23-/m1/s1. The average Bonchev–Trinajstić information content (AvgIpc) is 3.03. The summed E-state index contributed by atoms with van der Waals surface area (Å²) in [6, 6.07) is 21.2. The van der Waals surface area contributed by atoms with Crippen LogP contribution in [0.25, 0.3) is 0 Å². The molecule has 0 N–H and O–H groups in total. The molecular weight excluding hydrogens is 332 g/mol. The molecule has 1 atom stereocenters. The molecule has 0 bridgehead atoms. The quantitative estimate of drug-likeness (QED) is 0.756. The van der Waals surface area contributed by atoms with Crippen molar-refractivity contribution in [3.05, 3.63) is 71.8 Å². The van der Waals surface area contributed by atoms with Crippen LogP contribution < -0.4 is 0 Å². The summed E-state index contributed by atoms with van der Waals surface area (Å²) in [6.07, 6.45) is 7.22. The molecule has 27 heavy (non-hydrogen) atoms. The number of benzene rings is 2. The van der Waals surface area contributed by atoms with Crippen LogP contribution in [0.2, 0.25) is 0 Å². The number of nitrogens with zero attached hydrogens (tertiary/aromatic N) is 2. The predicted octanol–water partition coefficient (Wildman–Crippen LogP) is 4.48. The summed E-state index contributed by atoms with van der Waals surface area (Å²) in [6.45, 7) is 2.45. The van der Waals surface area contributed by atoms with Gasteiger partial charge in [-0.2, -0.15) is 0 Å². The van der Waals surface area contributed by atoms with Crippen LogP contribution in [-0.4, -0.2) is 35.0 Å². The van der Waals surface area contributed by atoms with Gasteiger partial charge in [0, 0.05) is 13.1 Å². The van der Waals surface area contributed by atoms with Crippen LogP contribution >= 0.6 is 0 Å². The largest absolute Gasteiger partial charge is 0.328 e. The second-order valence-corrected chi connectivity index (χ2v) is 8.05. The van der Waals surface area contributed by atoms with E-state index in [9.17, 15) is 4.79 Å². The Morgan fingerprint density at radius 1 is 0.815 bits per heavy atom. The van der Waals surface area contributed by atoms with Gasteiger partial charge in [-0.1, -0.05) is 79.9 Å². The highest BCUT2D eigenvalue weighted by Crippen LogP contribution is 2.33. The third-order valence-electron chi connectivity index (χ3n) is 6.15. The van der Waals surface area contributed by atoms with Gasteiger partial charge in [0.1, 0.15) is 0 Å². The Labute approximate surface area is 163 Å². The van der Waals surface area contributed by atoms with Crippen molar-refractivity contribution >= 4 is 5.91 Å². The minimum absolute atomic E-state index is 0.0706. The molecule has 0 aromatic heterocycles. The Morgan fingerprint density at radius 3 is 2.11 bits per heavy atom. The summed E-state index contributed by atoms with van der Waals surface area (Å²) in [5.41, 5.74) is 2.61. The van der Waals surface area contributed by atoms with Gasteiger partial charge in [-0.3, -0.25) is 9.69 Å². The van der Waals surface area contributed by atoms with Crippen LogP contribution in [0, 0.1) is 5.92 Å². The molecule has 0 spiro atoms. The molecule has 4 rings (SSSR count). The molecule has 2 aliphatic rings. The number of carbonyl (C=O) groups excluding carboxylic acids is 1. The number of carbonyl (C=O) groups is 1. The Balaban J connectivity index is 1.47. The Kier molecular flexibility index (Phi) is 5.88. The molecule has 0 radical (unpaired) electrons. The fourth-order valence-electron chi connectivity index (χ4n) is 4.73. The molecule has 2 aromatic carbocycles. The predicted molar refractivity (Wildman–Crippen MR) is 109 cm³/mol. The van der Waals surface area contributed by atoms with Crippen molar-refractivity contribution in [1.82, 2.24) is 9.80 Å². The van der Waals surface area contributed by atoms with E-state index < -0.39 is 0 Å². The molecular formula is C24H30N2O. The summed E-state index contributed by atoms with van der Waals surface area (Å²) in [5, 5.41) is 0. The summed E-state index contributed by atoms with van der Waals surface area (Å²) in [5.74, 6) is 0.880. The first-order valence-electron chi connectivity index (χ1n) is 10.4. The fraction of sp³-hybridized carbons (Fsp3) is 0.458. The van der Waals surface area contributed by atoms with Gasteiger partial charge in [-0.15, -0.1) is 0 Å². The fourth-order valence-corrected chi connectivity index (χ4v) is 4.73. The number of rotatable bonds is 6. The maximum absolute atomic E-state index is 13.3. The molecule has 1 saturated heterocycles. The monoisotopic (exact) mass is 362 g/mol. The first-order valence-corrected chi connectivity index (χ1v) is 10.4. The van der Waals surface area contributed by atoms with Gasteiger partial charge in [0.25, 0.3) is 0 Å². The van der Waals surface area contributed by atoms with Gasteiger partial charge in [-0.25, -0.2) is 0 Å². The van der Waals surface area contributed by atoms with Crippen LogP contribution in [-0.2, 0) is 17.8 Å². The van der Waals surface area contributed by atoms with E-state index >= 15 is 0 Å². The molecule has 1 saturated carbocycles. The van der Waals surface area contributed by atoms with Gasteiger partial charge in [0.05, 0.1) is 12.7 Å². The molecule has 3 heteroatoms. The zero-order valence-electron chi connectivity index (χ0n) is 16.1. The zero-order valence-corrected chi connectivity index (χ0v) is 16.1. The maximum atomic E-state index is 13.3. The maximum Gasteiger partial charge on any atom is 0.241 e. The highest BCUT2D eigenvalue weighted by molar-refractivity contribution is 5.84. The van der Waals surface area contributed by atoms with Crippen LogP contribution in [0.3, 0.4) is 0 Å². The van der Waals surface area contributed by atoms with Crippen LogP contribution in [0.1, 0.15) is 43.2 Å². The van der Waals surface area contributed by atoms with E-state index in [4.69, 9.17) is 0 Å². The normalized spacial score (nSPS) is 21.7. The summed E-state index contributed by atoms with van der Waals surface area (Å²) in [7, 11) is 0. The molecule has 2 aromatic rings. The second-order valence-electron chi connectivity index (χ2n) is 8.05. The van der Waals surface area contributed by atoms with Crippen molar-refractivity contribution in [3.63, 3.8) is 0 Å². The van der Waals surface area contributed by atoms with Gasteiger partial charge < -0.3 is 4.90 Å². The molecule has 142 valence electrons. The highest BCUT2D eigenvalue weighted by Gasteiger charge is 2.42. The highest BCUT2D eigenvalue weighted by atomic mass is 16.2. The van der Waals surface area contributed by atoms with Crippen molar-refractivity contribution in [2.24, 2.45) is 5.92 Å². The zero-order chi connectivity index (χ0) is 18.5. The van der Waals surface area contributed by atoms with Gasteiger partial charge in [-0.05, 0) is 36.3 Å². The van der Waals surface area contributed by atoms with E-state index in [-0.39, 0.29) is 6.04 Å². The van der Waals surface area contributed by atoms with Crippen molar-refractivity contribution in [1.29, 1.82) is 0 Å². The van der Waals surface area contributed by atoms with Crippen molar-refractivity contribution < 1.29 is 4.79 Å². The minimum atomic E-state index is 0.0706. The van der Waals surface area contributed by atoms with Crippen LogP contribution in [0.4, 0.5) is 0 Å². The summed E-state index contributed by atoms with van der Waals surface area (Å²) in [4.78, 5) is 17.8. The van der Waals surface area contributed by atoms with Crippen LogP contribution in [0.5, 0.6) is 0 Å². The molecule has 1 amide bonds. The van der Waals surface area contributed by atoms with E-state index in [0.717, 1.165) is 26.2 Å². The average molecular weight is 363 g/mol. The van der Waals surface area contributed by atoms with E-state index in [1.165, 1.54) is 43.2 Å². The molecule has 2 fully saturated rings. The van der Waals surface area contributed by atoms with E-state index in [1.807, 2.05) is 6.07 Å². The van der Waals surface area contributed by atoms with Crippen molar-refractivity contribution in [2.45, 2.75) is 51.1 Å². The number of amides is 1. The smallest absolute Gasteiger partial charge is 0.241 e. The molecule has 0 unspecified atom stereocenters. The SMILES string of the molecule is O=C1[C@@H](C2CCCCC2)N(Cc2ccccc2)CN1CCc1ccccc1. The summed E-state index contributed by atoms with van der Waals surface area (Å²) >= 11 is 0. The molecule has 3 nitrogen and oxygen atoms in total. The Bertz CT molecular complexity index is 725. The lowest BCUT2D eigenvalue weighted by atomic mass is 9.83. The van der Waals surface area contributed by atoms with Crippen molar-refractivity contribution in [3.8, 4) is 0 Å². The Morgan fingerprint density at radius 2 is 1.44 bits per heavy atom. The lowest BCUT2D eigenvalue weighted by Crippen LogP contribution is -2.40. The lowest BCUT2D eigenvalue weighted by Gasteiger charge is -2.31. The molecule has 1 heterocycles. The molecule has 1 aliphatic carbocycles. The van der Waals surface area contributed by atoms with E-state index in [0.29, 0.717) is 11.8 Å². The Hall–Kier alpha value is -2.13.